The lowest BCUT2D eigenvalue weighted by Gasteiger charge is -2.41. The first-order valence-corrected chi connectivity index (χ1v) is 6.35. The van der Waals surface area contributed by atoms with Crippen molar-refractivity contribution in [3.63, 3.8) is 0 Å². The van der Waals surface area contributed by atoms with E-state index in [1.807, 2.05) is 0 Å². The van der Waals surface area contributed by atoms with Gasteiger partial charge in [-0.05, 0) is 59.7 Å². The zero-order chi connectivity index (χ0) is 11.3. The summed E-state index contributed by atoms with van der Waals surface area (Å²) in [5.41, 5.74) is 2.76. The Labute approximate surface area is 105 Å². The largest absolute Gasteiger partial charge is 0.370 e. The molecule has 0 amide bonds. The van der Waals surface area contributed by atoms with Crippen LogP contribution in [0.4, 0.5) is 0 Å². The zero-order valence-corrected chi connectivity index (χ0v) is 11.9. The van der Waals surface area contributed by atoms with Crippen LogP contribution in [0.2, 0.25) is 0 Å². The third-order valence-electron chi connectivity index (χ3n) is 3.15. The smallest absolute Gasteiger partial charge is 0.0878 e. The number of halogens is 1. The van der Waals surface area contributed by atoms with Gasteiger partial charge in [0.2, 0.25) is 0 Å². The van der Waals surface area contributed by atoms with Gasteiger partial charge in [0.05, 0.1) is 12.2 Å². The molecule has 2 rings (SSSR count). The number of fused-ring (bicyclic) bond motifs is 1. The van der Waals surface area contributed by atoms with E-state index in [0.717, 1.165) is 6.61 Å². The Morgan fingerprint density at radius 1 is 1.13 bits per heavy atom. The van der Waals surface area contributed by atoms with Crippen LogP contribution >= 0.6 is 22.6 Å². The molecule has 2 heteroatoms. The number of hydrogen-bond donors (Lipinski definition) is 0. The number of ether oxygens (including phenoxy) is 1. The lowest BCUT2D eigenvalue weighted by atomic mass is 9.76. The fourth-order valence-corrected chi connectivity index (χ4v) is 2.61. The molecular formula is C13H17IO. The van der Waals surface area contributed by atoms with Crippen LogP contribution in [-0.4, -0.2) is 6.61 Å². The SMILES string of the molecule is CC1(C)COC(C)(C)c2ccc(I)cc21. The molecule has 82 valence electrons. The first-order chi connectivity index (χ1) is 6.83. The molecule has 15 heavy (non-hydrogen) atoms. The van der Waals surface area contributed by atoms with Gasteiger partial charge in [0.15, 0.2) is 0 Å². The maximum Gasteiger partial charge on any atom is 0.0878 e. The number of hydrogen-bond acceptors (Lipinski definition) is 1. The summed E-state index contributed by atoms with van der Waals surface area (Å²) in [5.74, 6) is 0. The fraction of sp³-hybridized carbons (Fsp3) is 0.538. The van der Waals surface area contributed by atoms with Gasteiger partial charge in [-0.3, -0.25) is 0 Å². The van der Waals surface area contributed by atoms with Gasteiger partial charge in [-0.1, -0.05) is 19.9 Å². The second kappa shape index (κ2) is 3.45. The van der Waals surface area contributed by atoms with Gasteiger partial charge >= 0.3 is 0 Å². The van der Waals surface area contributed by atoms with Crippen LogP contribution in [-0.2, 0) is 15.8 Å². The topological polar surface area (TPSA) is 9.23 Å². The monoisotopic (exact) mass is 316 g/mol. The highest BCUT2D eigenvalue weighted by Gasteiger charge is 2.37. The molecule has 0 aromatic heterocycles. The van der Waals surface area contributed by atoms with E-state index >= 15 is 0 Å². The molecule has 0 unspecified atom stereocenters. The van der Waals surface area contributed by atoms with Crippen LogP contribution in [0, 0.1) is 3.57 Å². The Kier molecular flexibility index (Phi) is 2.62. The molecular weight excluding hydrogens is 299 g/mol. The zero-order valence-electron chi connectivity index (χ0n) is 9.73. The summed E-state index contributed by atoms with van der Waals surface area (Å²) in [5, 5.41) is 0. The first kappa shape index (κ1) is 11.4. The molecule has 0 radical (unpaired) electrons. The van der Waals surface area contributed by atoms with Crippen molar-refractivity contribution in [3.05, 3.63) is 32.9 Å². The molecule has 0 saturated heterocycles. The van der Waals surface area contributed by atoms with Gasteiger partial charge in [0.25, 0.3) is 0 Å². The number of rotatable bonds is 0. The van der Waals surface area contributed by atoms with E-state index in [-0.39, 0.29) is 11.0 Å². The Morgan fingerprint density at radius 3 is 2.47 bits per heavy atom. The van der Waals surface area contributed by atoms with Crippen molar-refractivity contribution >= 4 is 22.6 Å². The second-order valence-corrected chi connectivity index (χ2v) is 6.62. The summed E-state index contributed by atoms with van der Waals surface area (Å²) in [4.78, 5) is 0. The van der Waals surface area contributed by atoms with Gasteiger partial charge in [-0.15, -0.1) is 0 Å². The van der Waals surface area contributed by atoms with Gasteiger partial charge in [-0.2, -0.15) is 0 Å². The average Bonchev–Trinajstić information content (AvgIpc) is 2.13. The van der Waals surface area contributed by atoms with Crippen molar-refractivity contribution in [2.75, 3.05) is 6.61 Å². The summed E-state index contributed by atoms with van der Waals surface area (Å²) in [7, 11) is 0. The van der Waals surface area contributed by atoms with Crippen LogP contribution in [0.15, 0.2) is 18.2 Å². The molecule has 1 heterocycles. The van der Waals surface area contributed by atoms with E-state index in [2.05, 4.69) is 68.5 Å². The predicted molar refractivity (Wildman–Crippen MR) is 71.2 cm³/mol. The molecule has 1 aliphatic heterocycles. The van der Waals surface area contributed by atoms with E-state index in [1.165, 1.54) is 14.7 Å². The third kappa shape index (κ3) is 1.94. The van der Waals surface area contributed by atoms with Crippen LogP contribution in [0.3, 0.4) is 0 Å². The molecule has 0 atom stereocenters. The highest BCUT2D eigenvalue weighted by atomic mass is 127. The lowest BCUT2D eigenvalue weighted by molar-refractivity contribution is -0.0587. The highest BCUT2D eigenvalue weighted by molar-refractivity contribution is 14.1. The molecule has 0 saturated carbocycles. The standard InChI is InChI=1S/C13H17IO/c1-12(2)8-15-13(3,4)10-6-5-9(14)7-11(10)12/h5-7H,8H2,1-4H3. The molecule has 0 fully saturated rings. The van der Waals surface area contributed by atoms with Crippen LogP contribution in [0.25, 0.3) is 0 Å². The summed E-state index contributed by atoms with van der Waals surface area (Å²) < 4.78 is 7.25. The minimum atomic E-state index is -0.144. The molecule has 0 N–H and O–H groups in total. The van der Waals surface area contributed by atoms with Crippen LogP contribution in [0.5, 0.6) is 0 Å². The molecule has 0 bridgehead atoms. The molecule has 1 aromatic carbocycles. The van der Waals surface area contributed by atoms with Gasteiger partial charge in [-0.25, -0.2) is 0 Å². The van der Waals surface area contributed by atoms with Gasteiger partial charge < -0.3 is 4.74 Å². The maximum atomic E-state index is 5.94. The van der Waals surface area contributed by atoms with Crippen molar-refractivity contribution < 1.29 is 4.74 Å². The Balaban J connectivity index is 2.64. The quantitative estimate of drug-likeness (QED) is 0.661. The van der Waals surface area contributed by atoms with Crippen LogP contribution in [0.1, 0.15) is 38.8 Å². The summed E-state index contributed by atoms with van der Waals surface area (Å²) in [6.45, 7) is 9.59. The van der Waals surface area contributed by atoms with Crippen molar-refractivity contribution in [3.8, 4) is 0 Å². The van der Waals surface area contributed by atoms with E-state index in [0.29, 0.717) is 0 Å². The normalized spacial score (nSPS) is 22.2. The first-order valence-electron chi connectivity index (χ1n) is 5.27. The molecule has 0 aliphatic carbocycles. The third-order valence-corrected chi connectivity index (χ3v) is 3.82. The van der Waals surface area contributed by atoms with Crippen molar-refractivity contribution in [2.24, 2.45) is 0 Å². The van der Waals surface area contributed by atoms with Crippen LogP contribution < -0.4 is 0 Å². The highest BCUT2D eigenvalue weighted by Crippen LogP contribution is 2.41. The second-order valence-electron chi connectivity index (χ2n) is 5.37. The van der Waals surface area contributed by atoms with Crippen molar-refractivity contribution in [1.82, 2.24) is 0 Å². The minimum absolute atomic E-state index is 0.131. The summed E-state index contributed by atoms with van der Waals surface area (Å²) in [6.07, 6.45) is 0. The number of benzene rings is 1. The van der Waals surface area contributed by atoms with E-state index < -0.39 is 0 Å². The van der Waals surface area contributed by atoms with E-state index in [1.54, 1.807) is 0 Å². The van der Waals surface area contributed by atoms with E-state index in [9.17, 15) is 0 Å². The summed E-state index contributed by atoms with van der Waals surface area (Å²) in [6, 6.07) is 6.66. The van der Waals surface area contributed by atoms with Crippen molar-refractivity contribution in [2.45, 2.75) is 38.7 Å². The van der Waals surface area contributed by atoms with Gasteiger partial charge in [0, 0.05) is 8.99 Å². The van der Waals surface area contributed by atoms with Crippen molar-refractivity contribution in [1.29, 1.82) is 0 Å². The fourth-order valence-electron chi connectivity index (χ4n) is 2.12. The maximum absolute atomic E-state index is 5.94. The Bertz CT molecular complexity index is 394. The average molecular weight is 316 g/mol. The Morgan fingerprint density at radius 2 is 1.80 bits per heavy atom. The minimum Gasteiger partial charge on any atom is -0.370 e. The predicted octanol–water partition coefficient (Wildman–Crippen LogP) is 3.83. The van der Waals surface area contributed by atoms with E-state index in [4.69, 9.17) is 4.74 Å². The summed E-state index contributed by atoms with van der Waals surface area (Å²) >= 11 is 2.37. The van der Waals surface area contributed by atoms with Gasteiger partial charge in [0.1, 0.15) is 0 Å². The molecule has 1 aromatic rings. The molecule has 0 spiro atoms. The molecule has 1 nitrogen and oxygen atoms in total. The molecule has 1 aliphatic rings. The Hall–Kier alpha value is -0.0900. The lowest BCUT2D eigenvalue weighted by Crippen LogP contribution is -2.39.